The largest absolute Gasteiger partial charge is 0.367 e. The van der Waals surface area contributed by atoms with Crippen molar-refractivity contribution in [2.75, 3.05) is 29.6 Å². The first-order valence-corrected chi connectivity index (χ1v) is 9.48. The van der Waals surface area contributed by atoms with Crippen molar-refractivity contribution in [3.05, 3.63) is 41.5 Å². The maximum absolute atomic E-state index is 13.3. The van der Waals surface area contributed by atoms with E-state index in [1.807, 2.05) is 32.0 Å². The Morgan fingerprint density at radius 1 is 1.03 bits per heavy atom. The van der Waals surface area contributed by atoms with Gasteiger partial charge in [-0.1, -0.05) is 0 Å². The number of anilines is 3. The van der Waals surface area contributed by atoms with Crippen molar-refractivity contribution in [3.8, 4) is 0 Å². The van der Waals surface area contributed by atoms with Crippen LogP contribution in [0, 0.1) is 30.3 Å². The molecule has 0 saturated heterocycles. The molecule has 2 aromatic rings. The molecule has 0 bridgehead atoms. The highest BCUT2D eigenvalue weighted by atomic mass is 19.2. The van der Waals surface area contributed by atoms with Crippen LogP contribution in [0.15, 0.2) is 18.2 Å². The topological polar surface area (TPSA) is 70.2 Å². The van der Waals surface area contributed by atoms with Crippen molar-refractivity contribution in [1.82, 2.24) is 9.97 Å². The van der Waals surface area contributed by atoms with E-state index in [4.69, 9.17) is 0 Å². The summed E-state index contributed by atoms with van der Waals surface area (Å²) in [4.78, 5) is 23.1. The lowest BCUT2D eigenvalue weighted by Crippen LogP contribution is -2.32. The van der Waals surface area contributed by atoms with E-state index in [0.717, 1.165) is 36.6 Å². The van der Waals surface area contributed by atoms with Crippen LogP contribution in [-0.2, 0) is 4.79 Å². The van der Waals surface area contributed by atoms with E-state index in [1.54, 1.807) is 0 Å². The molecule has 0 radical (unpaired) electrons. The number of hydrogen-bond donors (Lipinski definition) is 2. The Balaban J connectivity index is 1.56. The summed E-state index contributed by atoms with van der Waals surface area (Å²) in [6.07, 6.45) is 2.76. The van der Waals surface area contributed by atoms with Gasteiger partial charge < -0.3 is 15.5 Å². The van der Waals surface area contributed by atoms with Gasteiger partial charge in [0.2, 0.25) is 5.91 Å². The van der Waals surface area contributed by atoms with Gasteiger partial charge in [-0.3, -0.25) is 4.79 Å². The lowest BCUT2D eigenvalue weighted by atomic mass is 9.85. The van der Waals surface area contributed by atoms with Crippen LogP contribution in [0.2, 0.25) is 0 Å². The number of halogens is 3. The van der Waals surface area contributed by atoms with E-state index in [0.29, 0.717) is 18.7 Å². The molecule has 1 heterocycles. The lowest BCUT2D eigenvalue weighted by Gasteiger charge is -2.29. The molecular formula is C20H24F3N5O. The Morgan fingerprint density at radius 3 is 2.24 bits per heavy atom. The smallest absolute Gasteiger partial charge is 0.227 e. The molecule has 1 fully saturated rings. The third-order valence-electron chi connectivity index (χ3n) is 4.98. The van der Waals surface area contributed by atoms with Crippen LogP contribution >= 0.6 is 0 Å². The summed E-state index contributed by atoms with van der Waals surface area (Å²) in [5.41, 5.74) is -0.0840. The van der Waals surface area contributed by atoms with Gasteiger partial charge in [-0.2, -0.15) is 0 Å². The molecule has 1 saturated carbocycles. The molecule has 1 aromatic heterocycles. The average Bonchev–Trinajstić information content (AvgIpc) is 2.66. The van der Waals surface area contributed by atoms with E-state index >= 15 is 0 Å². The van der Waals surface area contributed by atoms with Gasteiger partial charge in [-0.05, 0) is 32.6 Å². The van der Waals surface area contributed by atoms with Crippen LogP contribution < -0.4 is 15.5 Å². The highest BCUT2D eigenvalue weighted by Gasteiger charge is 2.27. The predicted molar refractivity (Wildman–Crippen MR) is 105 cm³/mol. The summed E-state index contributed by atoms with van der Waals surface area (Å²) in [5.74, 6) is -2.57. The van der Waals surface area contributed by atoms with Gasteiger partial charge in [0.25, 0.3) is 0 Å². The number of carbonyl (C=O) groups excluding carboxylic acids is 1. The molecule has 0 unspecified atom stereocenters. The number of hydrogen-bond acceptors (Lipinski definition) is 5. The highest BCUT2D eigenvalue weighted by Crippen LogP contribution is 2.28. The molecular weight excluding hydrogens is 383 g/mol. The Kier molecular flexibility index (Phi) is 6.24. The van der Waals surface area contributed by atoms with Crippen LogP contribution in [0.4, 0.5) is 30.5 Å². The zero-order valence-electron chi connectivity index (χ0n) is 16.6. The number of aryl methyl sites for hydroxylation is 1. The minimum Gasteiger partial charge on any atom is -0.367 e. The number of rotatable bonds is 5. The second-order valence-electron chi connectivity index (χ2n) is 7.49. The molecule has 6 nitrogen and oxygen atoms in total. The molecule has 0 spiro atoms. The molecule has 1 aliphatic carbocycles. The average molecular weight is 407 g/mol. The molecule has 1 aliphatic rings. The van der Waals surface area contributed by atoms with Crippen LogP contribution in [-0.4, -0.2) is 36.0 Å². The second kappa shape index (κ2) is 8.67. The third kappa shape index (κ3) is 5.16. The van der Waals surface area contributed by atoms with Crippen LogP contribution in [0.1, 0.15) is 31.5 Å². The van der Waals surface area contributed by atoms with Gasteiger partial charge in [-0.15, -0.1) is 0 Å². The number of carbonyl (C=O) groups is 1. The van der Waals surface area contributed by atoms with Gasteiger partial charge in [0.05, 0.1) is 0 Å². The zero-order valence-corrected chi connectivity index (χ0v) is 16.6. The molecule has 29 heavy (non-hydrogen) atoms. The fraction of sp³-hybridized carbons (Fsp3) is 0.450. The maximum Gasteiger partial charge on any atom is 0.227 e. The summed E-state index contributed by atoms with van der Waals surface area (Å²) in [6.45, 7) is 1.83. The molecule has 156 valence electrons. The van der Waals surface area contributed by atoms with Crippen LogP contribution in [0.25, 0.3) is 0 Å². The summed E-state index contributed by atoms with van der Waals surface area (Å²) in [6, 6.07) is 3.61. The monoisotopic (exact) mass is 407 g/mol. The number of benzene rings is 1. The van der Waals surface area contributed by atoms with Crippen molar-refractivity contribution in [2.45, 2.75) is 38.6 Å². The Morgan fingerprint density at radius 2 is 1.66 bits per heavy atom. The second-order valence-corrected chi connectivity index (χ2v) is 7.49. The minimum absolute atomic E-state index is 0.0840. The van der Waals surface area contributed by atoms with Gasteiger partial charge >= 0.3 is 0 Å². The van der Waals surface area contributed by atoms with E-state index in [-0.39, 0.29) is 23.6 Å². The fourth-order valence-corrected chi connectivity index (χ4v) is 3.44. The van der Waals surface area contributed by atoms with Crippen LogP contribution in [0.3, 0.4) is 0 Å². The van der Waals surface area contributed by atoms with Crippen molar-refractivity contribution < 1.29 is 18.0 Å². The number of nitrogens with one attached hydrogen (secondary N) is 2. The predicted octanol–water partition coefficient (Wildman–Crippen LogP) is 3.88. The molecule has 9 heteroatoms. The van der Waals surface area contributed by atoms with Crippen LogP contribution in [0.5, 0.6) is 0 Å². The normalized spacial score (nSPS) is 19.0. The van der Waals surface area contributed by atoms with Gasteiger partial charge in [-0.25, -0.2) is 23.1 Å². The summed E-state index contributed by atoms with van der Waals surface area (Å²) in [7, 11) is 3.82. The summed E-state index contributed by atoms with van der Waals surface area (Å²) >= 11 is 0. The van der Waals surface area contributed by atoms with Crippen molar-refractivity contribution in [3.63, 3.8) is 0 Å². The van der Waals surface area contributed by atoms with Gasteiger partial charge in [0, 0.05) is 49.9 Å². The Hall–Kier alpha value is -2.84. The maximum atomic E-state index is 13.3. The third-order valence-corrected chi connectivity index (χ3v) is 4.98. The van der Waals surface area contributed by atoms with E-state index in [1.165, 1.54) is 0 Å². The van der Waals surface area contributed by atoms with E-state index in [2.05, 4.69) is 20.6 Å². The highest BCUT2D eigenvalue weighted by molar-refractivity contribution is 5.92. The minimum atomic E-state index is -1.55. The van der Waals surface area contributed by atoms with Crippen molar-refractivity contribution >= 4 is 23.2 Å². The molecule has 3 rings (SSSR count). The molecule has 0 atom stereocenters. The quantitative estimate of drug-likeness (QED) is 0.737. The summed E-state index contributed by atoms with van der Waals surface area (Å²) in [5, 5.41) is 5.88. The SMILES string of the molecule is Cc1nc(NC2CCC(C(=O)Nc3cc(F)c(F)c(F)c3)CC2)cc(N(C)C)n1. The molecule has 1 aromatic carbocycles. The summed E-state index contributed by atoms with van der Waals surface area (Å²) < 4.78 is 39.7. The molecule has 2 N–H and O–H groups in total. The number of nitrogens with zero attached hydrogens (tertiary/aromatic N) is 3. The number of amides is 1. The van der Waals surface area contributed by atoms with Gasteiger partial charge in [0.15, 0.2) is 17.5 Å². The fourth-order valence-electron chi connectivity index (χ4n) is 3.44. The Bertz CT molecular complexity index is 875. The van der Waals surface area contributed by atoms with Gasteiger partial charge in [0.1, 0.15) is 17.5 Å². The van der Waals surface area contributed by atoms with Crippen molar-refractivity contribution in [2.24, 2.45) is 5.92 Å². The van der Waals surface area contributed by atoms with E-state index < -0.39 is 17.5 Å². The van der Waals surface area contributed by atoms with Crippen molar-refractivity contribution in [1.29, 1.82) is 0 Å². The molecule has 0 aliphatic heterocycles. The zero-order chi connectivity index (χ0) is 21.1. The first-order valence-electron chi connectivity index (χ1n) is 9.48. The standard InChI is InChI=1S/C20H24F3N5O/c1-11-24-17(10-18(25-11)28(2)3)26-13-6-4-12(5-7-13)20(29)27-14-8-15(21)19(23)16(22)9-14/h8-10,12-13H,4-7H2,1-3H3,(H,27,29)(H,24,25,26). The number of aromatic nitrogens is 2. The lowest BCUT2D eigenvalue weighted by molar-refractivity contribution is -0.120. The Labute approximate surface area is 167 Å². The molecule has 1 amide bonds. The van der Waals surface area contributed by atoms with E-state index in [9.17, 15) is 18.0 Å². The first-order chi connectivity index (χ1) is 13.7. The first kappa shape index (κ1) is 20.9.